The Morgan fingerprint density at radius 1 is 1.11 bits per heavy atom. The number of likely N-dealkylation sites (N-methyl/N-ethyl adjacent to an activating group) is 1. The predicted octanol–water partition coefficient (Wildman–Crippen LogP) is 3.68. The van der Waals surface area contributed by atoms with Gasteiger partial charge in [0, 0.05) is 13.1 Å². The van der Waals surface area contributed by atoms with Crippen molar-refractivity contribution in [2.45, 2.75) is 25.3 Å². The van der Waals surface area contributed by atoms with E-state index in [4.69, 9.17) is 16.3 Å². The third kappa shape index (κ3) is 6.46. The first-order valence-electron chi connectivity index (χ1n) is 8.74. The summed E-state index contributed by atoms with van der Waals surface area (Å²) in [5.74, 6) is 0.144. The van der Waals surface area contributed by atoms with Gasteiger partial charge in [-0.15, -0.1) is 0 Å². The molecule has 0 saturated heterocycles. The Hall–Kier alpha value is -1.67. The van der Waals surface area contributed by atoms with E-state index in [1.807, 2.05) is 0 Å². The zero-order valence-electron chi connectivity index (χ0n) is 15.4. The molecule has 0 heterocycles. The summed E-state index contributed by atoms with van der Waals surface area (Å²) in [4.78, 5) is 2.12. The van der Waals surface area contributed by atoms with Crippen molar-refractivity contribution >= 4 is 21.6 Å². The zero-order chi connectivity index (χ0) is 19.9. The SMILES string of the molecule is CCN(CC)CCOc1ccc(CNS(=O)(=O)c2ccc(F)cc2Cl)cc1. The van der Waals surface area contributed by atoms with Crippen molar-refractivity contribution in [3.05, 3.63) is 58.9 Å². The molecule has 2 rings (SSSR count). The lowest BCUT2D eigenvalue weighted by atomic mass is 10.2. The van der Waals surface area contributed by atoms with Crippen molar-refractivity contribution in [3.8, 4) is 5.75 Å². The van der Waals surface area contributed by atoms with Crippen LogP contribution >= 0.6 is 11.6 Å². The maximum Gasteiger partial charge on any atom is 0.242 e. The molecule has 0 amide bonds. The summed E-state index contributed by atoms with van der Waals surface area (Å²) in [6.07, 6.45) is 0. The Morgan fingerprint density at radius 2 is 1.78 bits per heavy atom. The second-order valence-corrected chi connectivity index (χ2v) is 8.06. The molecule has 0 aromatic heterocycles. The first-order chi connectivity index (χ1) is 12.9. The molecule has 0 atom stereocenters. The summed E-state index contributed by atoms with van der Waals surface area (Å²) >= 11 is 5.83. The highest BCUT2D eigenvalue weighted by Crippen LogP contribution is 2.22. The van der Waals surface area contributed by atoms with Crippen molar-refractivity contribution in [3.63, 3.8) is 0 Å². The number of rotatable bonds is 10. The van der Waals surface area contributed by atoms with Crippen LogP contribution in [-0.4, -0.2) is 39.6 Å². The topological polar surface area (TPSA) is 58.6 Å². The predicted molar refractivity (Wildman–Crippen MR) is 105 cm³/mol. The molecule has 8 heteroatoms. The Morgan fingerprint density at radius 3 is 2.37 bits per heavy atom. The van der Waals surface area contributed by atoms with Gasteiger partial charge in [-0.25, -0.2) is 17.5 Å². The van der Waals surface area contributed by atoms with Gasteiger partial charge in [-0.05, 0) is 49.0 Å². The molecule has 0 aliphatic heterocycles. The Kier molecular flexibility index (Phi) is 8.04. The lowest BCUT2D eigenvalue weighted by Crippen LogP contribution is -2.27. The summed E-state index contributed by atoms with van der Waals surface area (Å²) < 4.78 is 45.9. The van der Waals surface area contributed by atoms with Crippen LogP contribution in [-0.2, 0) is 16.6 Å². The van der Waals surface area contributed by atoms with E-state index in [9.17, 15) is 12.8 Å². The van der Waals surface area contributed by atoms with Crippen molar-refractivity contribution in [2.24, 2.45) is 0 Å². The summed E-state index contributed by atoms with van der Waals surface area (Å²) in [5.41, 5.74) is 0.771. The van der Waals surface area contributed by atoms with Gasteiger partial charge in [0.05, 0.1) is 5.02 Å². The zero-order valence-corrected chi connectivity index (χ0v) is 17.0. The Labute approximate surface area is 165 Å². The third-order valence-electron chi connectivity index (χ3n) is 4.14. The van der Waals surface area contributed by atoms with E-state index in [-0.39, 0.29) is 16.5 Å². The molecule has 0 fully saturated rings. The largest absolute Gasteiger partial charge is 0.492 e. The van der Waals surface area contributed by atoms with Gasteiger partial charge < -0.3 is 9.64 Å². The van der Waals surface area contributed by atoms with Gasteiger partial charge in [-0.3, -0.25) is 0 Å². The standard InChI is InChI=1S/C19H24ClFN2O3S/c1-3-23(4-2)11-12-26-17-8-5-15(6-9-17)14-22-27(24,25)19-10-7-16(21)13-18(19)20/h5-10,13,22H,3-4,11-12,14H2,1-2H3. The van der Waals surface area contributed by atoms with E-state index in [0.29, 0.717) is 6.61 Å². The van der Waals surface area contributed by atoms with Gasteiger partial charge in [0.15, 0.2) is 0 Å². The number of ether oxygens (including phenoxy) is 1. The van der Waals surface area contributed by atoms with E-state index in [0.717, 1.165) is 49.1 Å². The number of nitrogens with one attached hydrogen (secondary N) is 1. The maximum absolute atomic E-state index is 13.1. The van der Waals surface area contributed by atoms with Gasteiger partial charge in [0.25, 0.3) is 0 Å². The van der Waals surface area contributed by atoms with Gasteiger partial charge >= 0.3 is 0 Å². The maximum atomic E-state index is 13.1. The van der Waals surface area contributed by atoms with Crippen LogP contribution in [0.15, 0.2) is 47.4 Å². The van der Waals surface area contributed by atoms with E-state index < -0.39 is 15.8 Å². The van der Waals surface area contributed by atoms with Gasteiger partial charge in [-0.2, -0.15) is 0 Å². The molecule has 0 aliphatic rings. The van der Waals surface area contributed by atoms with Crippen LogP contribution in [0.4, 0.5) is 4.39 Å². The molecule has 0 unspecified atom stereocenters. The van der Waals surface area contributed by atoms with Crippen LogP contribution in [0.3, 0.4) is 0 Å². The number of hydrogen-bond acceptors (Lipinski definition) is 4. The average Bonchev–Trinajstić information content (AvgIpc) is 2.64. The molecule has 0 bridgehead atoms. The monoisotopic (exact) mass is 414 g/mol. The van der Waals surface area contributed by atoms with Crippen LogP contribution in [0.2, 0.25) is 5.02 Å². The van der Waals surface area contributed by atoms with E-state index >= 15 is 0 Å². The van der Waals surface area contributed by atoms with Crippen molar-refractivity contribution < 1.29 is 17.5 Å². The minimum absolute atomic E-state index is 0.0930. The quantitative estimate of drug-likeness (QED) is 0.644. The molecule has 0 saturated carbocycles. The van der Waals surface area contributed by atoms with Crippen LogP contribution in [0, 0.1) is 5.82 Å². The highest BCUT2D eigenvalue weighted by atomic mass is 35.5. The van der Waals surface area contributed by atoms with E-state index in [2.05, 4.69) is 23.5 Å². The molecule has 0 aliphatic carbocycles. The minimum Gasteiger partial charge on any atom is -0.492 e. The molecule has 0 spiro atoms. The van der Waals surface area contributed by atoms with Gasteiger partial charge in [0.1, 0.15) is 23.1 Å². The van der Waals surface area contributed by atoms with Crippen molar-refractivity contribution in [1.82, 2.24) is 9.62 Å². The van der Waals surface area contributed by atoms with Gasteiger partial charge in [0.2, 0.25) is 10.0 Å². The fourth-order valence-electron chi connectivity index (χ4n) is 2.49. The third-order valence-corrected chi connectivity index (χ3v) is 6.03. The molecule has 0 radical (unpaired) electrons. The second-order valence-electron chi connectivity index (χ2n) is 5.92. The molecular weight excluding hydrogens is 391 g/mol. The first-order valence-corrected chi connectivity index (χ1v) is 10.6. The Bertz CT molecular complexity index is 841. The number of sulfonamides is 1. The van der Waals surface area contributed by atoms with Gasteiger partial charge in [-0.1, -0.05) is 37.6 Å². The lowest BCUT2D eigenvalue weighted by molar-refractivity contribution is 0.223. The summed E-state index contributed by atoms with van der Waals surface area (Å²) in [6.45, 7) is 7.73. The minimum atomic E-state index is -3.83. The molecule has 27 heavy (non-hydrogen) atoms. The average molecular weight is 415 g/mol. The highest BCUT2D eigenvalue weighted by Gasteiger charge is 2.18. The van der Waals surface area contributed by atoms with E-state index in [1.165, 1.54) is 0 Å². The number of hydrogen-bond donors (Lipinski definition) is 1. The molecule has 1 N–H and O–H groups in total. The summed E-state index contributed by atoms with van der Waals surface area (Å²) in [5, 5.41) is -0.153. The fourth-order valence-corrected chi connectivity index (χ4v) is 4.03. The second kappa shape index (κ2) is 10.0. The molecular formula is C19H24ClFN2O3S. The molecule has 2 aromatic rings. The lowest BCUT2D eigenvalue weighted by Gasteiger charge is -2.18. The summed E-state index contributed by atoms with van der Waals surface area (Å²) in [7, 11) is -3.83. The number of halogens is 2. The van der Waals surface area contributed by atoms with Crippen LogP contribution in [0.1, 0.15) is 19.4 Å². The Balaban J connectivity index is 1.90. The fraction of sp³-hybridized carbons (Fsp3) is 0.368. The van der Waals surface area contributed by atoms with Crippen molar-refractivity contribution in [1.29, 1.82) is 0 Å². The highest BCUT2D eigenvalue weighted by molar-refractivity contribution is 7.89. The molecule has 2 aromatic carbocycles. The number of nitrogens with zero attached hydrogens (tertiary/aromatic N) is 1. The van der Waals surface area contributed by atoms with E-state index in [1.54, 1.807) is 24.3 Å². The van der Waals surface area contributed by atoms with Crippen LogP contribution in [0.25, 0.3) is 0 Å². The van der Waals surface area contributed by atoms with Crippen molar-refractivity contribution in [2.75, 3.05) is 26.2 Å². The smallest absolute Gasteiger partial charge is 0.242 e. The normalized spacial score (nSPS) is 11.7. The first kappa shape index (κ1) is 21.6. The number of benzene rings is 2. The van der Waals surface area contributed by atoms with Crippen LogP contribution in [0.5, 0.6) is 5.75 Å². The molecule has 5 nitrogen and oxygen atoms in total. The molecule has 148 valence electrons. The van der Waals surface area contributed by atoms with Crippen LogP contribution < -0.4 is 9.46 Å². The summed E-state index contributed by atoms with van der Waals surface area (Å²) in [6, 6.07) is 10.4.